The second-order valence-electron chi connectivity index (χ2n) is 4.66. The molecule has 0 aromatic carbocycles. The van der Waals surface area contributed by atoms with Crippen molar-refractivity contribution < 1.29 is 17.9 Å². The van der Waals surface area contributed by atoms with Gasteiger partial charge in [0.1, 0.15) is 5.82 Å². The van der Waals surface area contributed by atoms with Gasteiger partial charge in [-0.3, -0.25) is 0 Å². The van der Waals surface area contributed by atoms with E-state index in [1.54, 1.807) is 6.07 Å². The van der Waals surface area contributed by atoms with E-state index in [4.69, 9.17) is 10.5 Å². The van der Waals surface area contributed by atoms with Crippen LogP contribution in [0.3, 0.4) is 0 Å². The third kappa shape index (κ3) is 2.63. The normalized spacial score (nSPS) is 20.2. The Hall–Kier alpha value is -1.94. The number of morpholine rings is 1. The molecule has 2 aromatic heterocycles. The zero-order valence-corrected chi connectivity index (χ0v) is 10.9. The maximum atomic E-state index is 12.8. The van der Waals surface area contributed by atoms with E-state index in [1.165, 1.54) is 6.07 Å². The van der Waals surface area contributed by atoms with Crippen molar-refractivity contribution >= 4 is 11.5 Å². The summed E-state index contributed by atoms with van der Waals surface area (Å²) in [4.78, 5) is 1.83. The van der Waals surface area contributed by atoms with Crippen molar-refractivity contribution in [2.24, 2.45) is 5.73 Å². The molecule has 3 heterocycles. The largest absolute Gasteiger partial charge is 0.453 e. The molecule has 0 amide bonds. The number of halogens is 3. The van der Waals surface area contributed by atoms with E-state index in [0.717, 1.165) is 0 Å². The van der Waals surface area contributed by atoms with Gasteiger partial charge in [0, 0.05) is 19.6 Å². The number of ether oxygens (including phenoxy) is 1. The third-order valence-electron chi connectivity index (χ3n) is 3.23. The van der Waals surface area contributed by atoms with Crippen LogP contribution in [0.25, 0.3) is 5.65 Å². The number of anilines is 1. The molecule has 1 aliphatic heterocycles. The summed E-state index contributed by atoms with van der Waals surface area (Å²) in [5, 5.41) is 10.6. The standard InChI is InChI=1S/C11H13F3N6O/c12-11(13,14)10-17-16-8-1-2-9(18-20(8)10)19-3-4-21-7(5-15)6-19/h1-2,7H,3-6,15H2. The molecule has 1 aliphatic rings. The van der Waals surface area contributed by atoms with Crippen molar-refractivity contribution in [3.8, 4) is 0 Å². The van der Waals surface area contributed by atoms with E-state index >= 15 is 0 Å². The van der Waals surface area contributed by atoms with Crippen LogP contribution in [0.4, 0.5) is 19.0 Å². The second-order valence-corrected chi connectivity index (χ2v) is 4.66. The van der Waals surface area contributed by atoms with Gasteiger partial charge in [-0.25, -0.2) is 0 Å². The Bertz CT molecular complexity index is 642. The minimum Gasteiger partial charge on any atom is -0.373 e. The number of nitrogens with zero attached hydrogens (tertiary/aromatic N) is 5. The number of fused-ring (bicyclic) bond motifs is 1. The van der Waals surface area contributed by atoms with Gasteiger partial charge >= 0.3 is 6.18 Å². The monoisotopic (exact) mass is 302 g/mol. The molecule has 21 heavy (non-hydrogen) atoms. The maximum Gasteiger partial charge on any atom is 0.453 e. The van der Waals surface area contributed by atoms with Crippen molar-refractivity contribution in [3.05, 3.63) is 18.0 Å². The van der Waals surface area contributed by atoms with Crippen LogP contribution in [0.1, 0.15) is 5.82 Å². The summed E-state index contributed by atoms with van der Waals surface area (Å²) in [6.07, 6.45) is -4.75. The van der Waals surface area contributed by atoms with Gasteiger partial charge in [-0.1, -0.05) is 0 Å². The molecule has 1 saturated heterocycles. The Balaban J connectivity index is 1.96. The van der Waals surface area contributed by atoms with Gasteiger partial charge in [0.15, 0.2) is 5.65 Å². The Morgan fingerprint density at radius 2 is 2.14 bits per heavy atom. The predicted molar refractivity (Wildman–Crippen MR) is 66.8 cm³/mol. The van der Waals surface area contributed by atoms with Crippen LogP contribution in [0.5, 0.6) is 0 Å². The molecule has 0 saturated carbocycles. The minimum atomic E-state index is -4.60. The summed E-state index contributed by atoms with van der Waals surface area (Å²) in [5.74, 6) is -0.725. The van der Waals surface area contributed by atoms with E-state index < -0.39 is 12.0 Å². The highest BCUT2D eigenvalue weighted by Gasteiger charge is 2.37. The van der Waals surface area contributed by atoms with Gasteiger partial charge < -0.3 is 15.4 Å². The fourth-order valence-electron chi connectivity index (χ4n) is 2.19. The Morgan fingerprint density at radius 3 is 2.86 bits per heavy atom. The lowest BCUT2D eigenvalue weighted by molar-refractivity contribution is -0.146. The number of aromatic nitrogens is 4. The van der Waals surface area contributed by atoms with E-state index in [-0.39, 0.29) is 11.8 Å². The lowest BCUT2D eigenvalue weighted by Crippen LogP contribution is -2.46. The van der Waals surface area contributed by atoms with E-state index in [2.05, 4.69) is 15.3 Å². The topological polar surface area (TPSA) is 81.6 Å². The second kappa shape index (κ2) is 5.11. The number of hydrogen-bond donors (Lipinski definition) is 1. The van der Waals surface area contributed by atoms with E-state index in [0.29, 0.717) is 36.6 Å². The van der Waals surface area contributed by atoms with Crippen LogP contribution in [0.15, 0.2) is 12.1 Å². The Morgan fingerprint density at radius 1 is 1.33 bits per heavy atom. The summed E-state index contributed by atoms with van der Waals surface area (Å²) >= 11 is 0. The molecule has 1 fully saturated rings. The van der Waals surface area contributed by atoms with Crippen LogP contribution in [-0.2, 0) is 10.9 Å². The SMILES string of the molecule is NCC1CN(c2ccc3nnc(C(F)(F)F)n3n2)CCO1. The van der Waals surface area contributed by atoms with Gasteiger partial charge in [0.2, 0.25) is 0 Å². The van der Waals surface area contributed by atoms with E-state index in [1.807, 2.05) is 4.90 Å². The molecule has 0 bridgehead atoms. The van der Waals surface area contributed by atoms with Crippen LogP contribution in [0.2, 0.25) is 0 Å². The van der Waals surface area contributed by atoms with Gasteiger partial charge in [0.05, 0.1) is 12.7 Å². The van der Waals surface area contributed by atoms with Crippen LogP contribution in [-0.4, -0.2) is 52.2 Å². The van der Waals surface area contributed by atoms with Crippen LogP contribution >= 0.6 is 0 Å². The fourth-order valence-corrected chi connectivity index (χ4v) is 2.19. The van der Waals surface area contributed by atoms with Crippen molar-refractivity contribution in [2.45, 2.75) is 12.3 Å². The first-order valence-electron chi connectivity index (χ1n) is 6.35. The summed E-state index contributed by atoms with van der Waals surface area (Å²) in [5.41, 5.74) is 5.60. The van der Waals surface area contributed by atoms with E-state index in [9.17, 15) is 13.2 Å². The van der Waals surface area contributed by atoms with Crippen LogP contribution < -0.4 is 10.6 Å². The maximum absolute atomic E-state index is 12.8. The smallest absolute Gasteiger partial charge is 0.373 e. The molecule has 1 unspecified atom stereocenters. The number of alkyl halides is 3. The first-order valence-corrected chi connectivity index (χ1v) is 6.35. The Labute approximate surface area is 117 Å². The molecule has 2 aromatic rings. The lowest BCUT2D eigenvalue weighted by atomic mass is 10.2. The van der Waals surface area contributed by atoms with Gasteiger partial charge in [-0.15, -0.1) is 15.3 Å². The zero-order valence-electron chi connectivity index (χ0n) is 10.9. The Kier molecular flexibility index (Phi) is 3.41. The average molecular weight is 302 g/mol. The minimum absolute atomic E-state index is 0.0507. The first-order chi connectivity index (χ1) is 9.99. The highest BCUT2D eigenvalue weighted by molar-refractivity contribution is 5.46. The molecule has 10 heteroatoms. The molecule has 3 rings (SSSR count). The summed E-state index contributed by atoms with van der Waals surface area (Å²) < 4.78 is 44.6. The molecule has 1 atom stereocenters. The third-order valence-corrected chi connectivity index (χ3v) is 3.23. The van der Waals surface area contributed by atoms with Crippen LogP contribution in [0, 0.1) is 0 Å². The van der Waals surface area contributed by atoms with Gasteiger partial charge in [-0.2, -0.15) is 17.7 Å². The summed E-state index contributed by atoms with van der Waals surface area (Å²) in [6, 6.07) is 3.07. The number of rotatable bonds is 2. The average Bonchev–Trinajstić information content (AvgIpc) is 2.90. The predicted octanol–water partition coefficient (Wildman–Crippen LogP) is 0.307. The van der Waals surface area contributed by atoms with Crippen molar-refractivity contribution in [1.82, 2.24) is 19.8 Å². The lowest BCUT2D eigenvalue weighted by Gasteiger charge is -2.32. The summed E-state index contributed by atoms with van der Waals surface area (Å²) in [6.45, 7) is 1.83. The number of hydrogen-bond acceptors (Lipinski definition) is 6. The molecular formula is C11H13F3N6O. The molecule has 0 aliphatic carbocycles. The quantitative estimate of drug-likeness (QED) is 0.859. The zero-order chi connectivity index (χ0) is 15.0. The molecular weight excluding hydrogens is 289 g/mol. The van der Waals surface area contributed by atoms with Crippen molar-refractivity contribution in [2.75, 3.05) is 31.1 Å². The van der Waals surface area contributed by atoms with Gasteiger partial charge in [0.25, 0.3) is 5.82 Å². The van der Waals surface area contributed by atoms with Gasteiger partial charge in [-0.05, 0) is 12.1 Å². The highest BCUT2D eigenvalue weighted by atomic mass is 19.4. The summed E-state index contributed by atoms with van der Waals surface area (Å²) in [7, 11) is 0. The molecule has 0 radical (unpaired) electrons. The fraction of sp³-hybridized carbons (Fsp3) is 0.545. The molecule has 2 N–H and O–H groups in total. The van der Waals surface area contributed by atoms with Crippen molar-refractivity contribution in [1.29, 1.82) is 0 Å². The van der Waals surface area contributed by atoms with Crippen molar-refractivity contribution in [3.63, 3.8) is 0 Å². The number of nitrogens with two attached hydrogens (primary N) is 1. The first kappa shape index (κ1) is 14.0. The molecule has 0 spiro atoms. The molecule has 7 nitrogen and oxygen atoms in total. The highest BCUT2D eigenvalue weighted by Crippen LogP contribution is 2.28. The molecule has 114 valence electrons.